The Morgan fingerprint density at radius 2 is 1.48 bits per heavy atom. The van der Waals surface area contributed by atoms with Crippen LogP contribution in [0.5, 0.6) is 5.75 Å². The molecule has 0 saturated carbocycles. The molecule has 3 aromatic carbocycles. The molecule has 172 valence electrons. The van der Waals surface area contributed by atoms with Crippen molar-refractivity contribution in [2.75, 3.05) is 13.7 Å². The Morgan fingerprint density at radius 3 is 2.03 bits per heavy atom. The minimum Gasteiger partial charge on any atom is -0.484 e. The van der Waals surface area contributed by atoms with Crippen LogP contribution in [0.25, 0.3) is 0 Å². The van der Waals surface area contributed by atoms with E-state index < -0.39 is 6.04 Å². The standard InChI is InChI=1S/C27H29ClN2O3/c1-19-14-23(15-20(2)26(19)28)33-18-25(31)30(17-22-12-8-5-9-13-22)24(27(32)29-3)16-21-10-6-4-7-11-21/h4-15,24H,16-18H2,1-3H3,(H,29,32)/t24-/m1/s1. The summed E-state index contributed by atoms with van der Waals surface area (Å²) in [5.74, 6) is 0.0805. The molecule has 0 radical (unpaired) electrons. The van der Waals surface area contributed by atoms with E-state index in [9.17, 15) is 9.59 Å². The van der Waals surface area contributed by atoms with E-state index in [2.05, 4.69) is 5.32 Å². The van der Waals surface area contributed by atoms with Gasteiger partial charge in [-0.15, -0.1) is 0 Å². The number of amides is 2. The molecular formula is C27H29ClN2O3. The Bertz CT molecular complexity index is 1060. The van der Waals surface area contributed by atoms with E-state index in [0.717, 1.165) is 22.3 Å². The highest BCUT2D eigenvalue weighted by Crippen LogP contribution is 2.26. The lowest BCUT2D eigenvalue weighted by molar-refractivity contribution is -0.142. The summed E-state index contributed by atoms with van der Waals surface area (Å²) in [5.41, 5.74) is 3.67. The zero-order valence-corrected chi connectivity index (χ0v) is 19.9. The van der Waals surface area contributed by atoms with Gasteiger partial charge in [0.25, 0.3) is 5.91 Å². The molecule has 3 rings (SSSR count). The van der Waals surface area contributed by atoms with Crippen molar-refractivity contribution in [2.45, 2.75) is 32.9 Å². The third-order valence-corrected chi connectivity index (χ3v) is 6.08. The average molecular weight is 465 g/mol. The van der Waals surface area contributed by atoms with Gasteiger partial charge in [-0.05, 0) is 48.2 Å². The fraction of sp³-hybridized carbons (Fsp3) is 0.259. The molecule has 5 nitrogen and oxygen atoms in total. The zero-order valence-electron chi connectivity index (χ0n) is 19.2. The van der Waals surface area contributed by atoms with E-state index in [0.29, 0.717) is 23.7 Å². The molecule has 0 bridgehead atoms. The van der Waals surface area contributed by atoms with Gasteiger partial charge >= 0.3 is 0 Å². The zero-order chi connectivity index (χ0) is 23.8. The summed E-state index contributed by atoms with van der Waals surface area (Å²) in [6, 6.07) is 22.3. The van der Waals surface area contributed by atoms with Crippen LogP contribution in [0.1, 0.15) is 22.3 Å². The van der Waals surface area contributed by atoms with Crippen LogP contribution >= 0.6 is 11.6 Å². The van der Waals surface area contributed by atoms with Gasteiger partial charge in [-0.1, -0.05) is 72.3 Å². The number of halogens is 1. The number of hydrogen-bond acceptors (Lipinski definition) is 3. The van der Waals surface area contributed by atoms with Crippen molar-refractivity contribution in [3.05, 3.63) is 100 Å². The van der Waals surface area contributed by atoms with Crippen LogP contribution in [0.3, 0.4) is 0 Å². The fourth-order valence-corrected chi connectivity index (χ4v) is 3.83. The van der Waals surface area contributed by atoms with E-state index in [1.54, 1.807) is 11.9 Å². The molecule has 1 N–H and O–H groups in total. The summed E-state index contributed by atoms with van der Waals surface area (Å²) >= 11 is 6.25. The first-order valence-electron chi connectivity index (χ1n) is 10.9. The lowest BCUT2D eigenvalue weighted by Gasteiger charge is -2.31. The Labute approximate surface area is 200 Å². The van der Waals surface area contributed by atoms with E-state index in [4.69, 9.17) is 16.3 Å². The highest BCUT2D eigenvalue weighted by atomic mass is 35.5. The largest absolute Gasteiger partial charge is 0.484 e. The van der Waals surface area contributed by atoms with Gasteiger partial charge in [0.05, 0.1) is 0 Å². The Morgan fingerprint density at radius 1 is 0.939 bits per heavy atom. The molecule has 3 aromatic rings. The first kappa shape index (κ1) is 24.3. The topological polar surface area (TPSA) is 58.6 Å². The molecule has 0 fully saturated rings. The first-order chi connectivity index (χ1) is 15.9. The number of benzene rings is 3. The third-order valence-electron chi connectivity index (χ3n) is 5.49. The highest BCUT2D eigenvalue weighted by molar-refractivity contribution is 6.32. The van der Waals surface area contributed by atoms with Crippen LogP contribution < -0.4 is 10.1 Å². The van der Waals surface area contributed by atoms with Crippen LogP contribution in [0.2, 0.25) is 5.02 Å². The summed E-state index contributed by atoms with van der Waals surface area (Å²) in [7, 11) is 1.58. The Hall–Kier alpha value is -3.31. The maximum atomic E-state index is 13.4. The summed E-state index contributed by atoms with van der Waals surface area (Å²) in [4.78, 5) is 27.9. The van der Waals surface area contributed by atoms with E-state index in [-0.39, 0.29) is 18.4 Å². The van der Waals surface area contributed by atoms with Crippen LogP contribution in [-0.2, 0) is 22.6 Å². The molecule has 0 unspecified atom stereocenters. The van der Waals surface area contributed by atoms with E-state index in [1.165, 1.54) is 0 Å². The second-order valence-electron chi connectivity index (χ2n) is 7.99. The number of hydrogen-bond donors (Lipinski definition) is 1. The van der Waals surface area contributed by atoms with Crippen LogP contribution in [0, 0.1) is 13.8 Å². The second-order valence-corrected chi connectivity index (χ2v) is 8.36. The predicted octanol–water partition coefficient (Wildman–Crippen LogP) is 4.72. The lowest BCUT2D eigenvalue weighted by atomic mass is 10.0. The normalized spacial score (nSPS) is 11.5. The van der Waals surface area contributed by atoms with Crippen molar-refractivity contribution in [3.63, 3.8) is 0 Å². The average Bonchev–Trinajstić information content (AvgIpc) is 2.83. The molecule has 0 spiro atoms. The van der Waals surface area contributed by atoms with Gasteiger partial charge in [0, 0.05) is 25.0 Å². The molecule has 0 aliphatic rings. The number of rotatable bonds is 9. The predicted molar refractivity (Wildman–Crippen MR) is 131 cm³/mol. The van der Waals surface area contributed by atoms with Crippen LogP contribution in [-0.4, -0.2) is 36.4 Å². The Balaban J connectivity index is 1.86. The summed E-state index contributed by atoms with van der Waals surface area (Å²) in [5, 5.41) is 3.40. The molecule has 0 aromatic heterocycles. The van der Waals surface area contributed by atoms with Crippen molar-refractivity contribution < 1.29 is 14.3 Å². The van der Waals surface area contributed by atoms with E-state index in [1.807, 2.05) is 86.6 Å². The number of ether oxygens (including phenoxy) is 1. The Kier molecular flexibility index (Phi) is 8.50. The second kappa shape index (κ2) is 11.5. The highest BCUT2D eigenvalue weighted by Gasteiger charge is 2.30. The first-order valence-corrected chi connectivity index (χ1v) is 11.2. The minimum atomic E-state index is -0.678. The van der Waals surface area contributed by atoms with Gasteiger partial charge in [-0.3, -0.25) is 9.59 Å². The van der Waals surface area contributed by atoms with Crippen molar-refractivity contribution >= 4 is 23.4 Å². The van der Waals surface area contributed by atoms with Gasteiger partial charge in [-0.2, -0.15) is 0 Å². The maximum Gasteiger partial charge on any atom is 0.261 e. The summed E-state index contributed by atoms with van der Waals surface area (Å²) < 4.78 is 5.84. The lowest BCUT2D eigenvalue weighted by Crippen LogP contribution is -2.51. The quantitative estimate of drug-likeness (QED) is 0.498. The van der Waals surface area contributed by atoms with Gasteiger partial charge < -0.3 is 15.0 Å². The summed E-state index contributed by atoms with van der Waals surface area (Å²) in [6.07, 6.45) is 0.401. The minimum absolute atomic E-state index is 0.185. The maximum absolute atomic E-state index is 13.4. The van der Waals surface area contributed by atoms with Crippen molar-refractivity contribution in [1.29, 1.82) is 0 Å². The molecule has 0 aliphatic carbocycles. The van der Waals surface area contributed by atoms with Crippen LogP contribution in [0.4, 0.5) is 0 Å². The van der Waals surface area contributed by atoms with Crippen molar-refractivity contribution in [1.82, 2.24) is 10.2 Å². The molecule has 0 saturated heterocycles. The van der Waals surface area contributed by atoms with Crippen LogP contribution in [0.15, 0.2) is 72.8 Å². The third kappa shape index (κ3) is 6.59. The van der Waals surface area contributed by atoms with Crippen molar-refractivity contribution in [2.24, 2.45) is 0 Å². The molecule has 0 aliphatic heterocycles. The van der Waals surface area contributed by atoms with Crippen molar-refractivity contribution in [3.8, 4) is 5.75 Å². The van der Waals surface area contributed by atoms with Gasteiger partial charge in [0.15, 0.2) is 6.61 Å². The smallest absolute Gasteiger partial charge is 0.261 e. The van der Waals surface area contributed by atoms with Gasteiger partial charge in [-0.25, -0.2) is 0 Å². The monoisotopic (exact) mass is 464 g/mol. The molecule has 33 heavy (non-hydrogen) atoms. The molecule has 6 heteroatoms. The van der Waals surface area contributed by atoms with Gasteiger partial charge in [0.1, 0.15) is 11.8 Å². The molecule has 1 atom stereocenters. The summed E-state index contributed by atoms with van der Waals surface area (Å²) in [6.45, 7) is 3.91. The molecule has 0 heterocycles. The molecule has 2 amide bonds. The number of nitrogens with zero attached hydrogens (tertiary/aromatic N) is 1. The SMILES string of the molecule is CNC(=O)[C@@H](Cc1ccccc1)N(Cc1ccccc1)C(=O)COc1cc(C)c(Cl)c(C)c1. The fourth-order valence-electron chi connectivity index (χ4n) is 3.72. The number of aryl methyl sites for hydroxylation is 2. The number of carbonyl (C=O) groups excluding carboxylic acids is 2. The molecular weight excluding hydrogens is 436 g/mol. The number of nitrogens with one attached hydrogen (secondary N) is 1. The van der Waals surface area contributed by atoms with E-state index >= 15 is 0 Å². The van der Waals surface area contributed by atoms with Gasteiger partial charge in [0.2, 0.25) is 5.91 Å². The number of carbonyl (C=O) groups is 2. The number of likely N-dealkylation sites (N-methyl/N-ethyl adjacent to an activating group) is 1.